The van der Waals surface area contributed by atoms with Gasteiger partial charge in [-0.05, 0) is 23.8 Å². The average Bonchev–Trinajstić information content (AvgIpc) is 3.09. The molecule has 0 fully saturated rings. The number of benzene rings is 1. The summed E-state index contributed by atoms with van der Waals surface area (Å²) in [5.41, 5.74) is 0.768. The molecule has 0 saturated carbocycles. The fourth-order valence-corrected chi connectivity index (χ4v) is 2.09. The highest BCUT2D eigenvalue weighted by Crippen LogP contribution is 2.16. The molecule has 0 aliphatic carbocycles. The van der Waals surface area contributed by atoms with Crippen LogP contribution in [0.4, 0.5) is 5.82 Å². The molecular formula is C16H12ClN5O. The summed E-state index contributed by atoms with van der Waals surface area (Å²) >= 11 is 6.03. The van der Waals surface area contributed by atoms with E-state index < -0.39 is 0 Å². The third kappa shape index (κ3) is 3.81. The molecule has 0 unspecified atom stereocenters. The van der Waals surface area contributed by atoms with Gasteiger partial charge in [0.15, 0.2) is 5.82 Å². The maximum absolute atomic E-state index is 12.0. The first kappa shape index (κ1) is 14.9. The summed E-state index contributed by atoms with van der Waals surface area (Å²) in [5, 5.41) is 7.33. The number of nitrogens with one attached hydrogen (secondary N) is 1. The van der Waals surface area contributed by atoms with Gasteiger partial charge < -0.3 is 5.32 Å². The number of hydrogen-bond donors (Lipinski definition) is 1. The predicted octanol–water partition coefficient (Wildman–Crippen LogP) is 2.97. The van der Waals surface area contributed by atoms with Crippen LogP contribution in [0.1, 0.15) is 5.56 Å². The number of carbonyl (C=O) groups excluding carboxylic acids is 1. The second kappa shape index (κ2) is 6.85. The smallest absolute Gasteiger partial charge is 0.249 e. The number of rotatable bonds is 4. The van der Waals surface area contributed by atoms with E-state index in [9.17, 15) is 4.79 Å². The summed E-state index contributed by atoms with van der Waals surface area (Å²) in [7, 11) is 0. The fourth-order valence-electron chi connectivity index (χ4n) is 1.89. The van der Waals surface area contributed by atoms with Gasteiger partial charge in [0.2, 0.25) is 5.91 Å². The van der Waals surface area contributed by atoms with Gasteiger partial charge in [-0.1, -0.05) is 29.8 Å². The maximum atomic E-state index is 12.0. The molecule has 0 bridgehead atoms. The van der Waals surface area contributed by atoms with Gasteiger partial charge >= 0.3 is 0 Å². The molecule has 0 atom stereocenters. The Hall–Kier alpha value is -2.99. The van der Waals surface area contributed by atoms with Crippen molar-refractivity contribution in [3.63, 3.8) is 0 Å². The zero-order valence-electron chi connectivity index (χ0n) is 11.9. The Morgan fingerprint density at radius 1 is 1.22 bits per heavy atom. The van der Waals surface area contributed by atoms with Crippen LogP contribution >= 0.6 is 11.6 Å². The van der Waals surface area contributed by atoms with Crippen LogP contribution in [0.25, 0.3) is 11.9 Å². The lowest BCUT2D eigenvalue weighted by Gasteiger charge is -2.04. The van der Waals surface area contributed by atoms with Crippen molar-refractivity contribution in [1.29, 1.82) is 0 Å². The number of halogens is 1. The topological polar surface area (TPSA) is 72.7 Å². The zero-order chi connectivity index (χ0) is 16.1. The first-order valence-electron chi connectivity index (χ1n) is 6.78. The Labute approximate surface area is 137 Å². The number of anilines is 1. The van der Waals surface area contributed by atoms with Crippen molar-refractivity contribution >= 4 is 29.4 Å². The van der Waals surface area contributed by atoms with Gasteiger partial charge in [0.1, 0.15) is 12.1 Å². The Morgan fingerprint density at radius 3 is 2.87 bits per heavy atom. The Bertz CT molecular complexity index is 845. The summed E-state index contributed by atoms with van der Waals surface area (Å²) in [4.78, 5) is 20.1. The minimum atomic E-state index is -0.310. The van der Waals surface area contributed by atoms with Crippen molar-refractivity contribution in [2.75, 3.05) is 5.32 Å². The molecule has 0 aliphatic rings. The normalized spacial score (nSPS) is 10.8. The molecule has 0 spiro atoms. The summed E-state index contributed by atoms with van der Waals surface area (Å²) in [5.74, 6) is 0.643. The molecule has 3 aromatic rings. The van der Waals surface area contributed by atoms with Crippen molar-refractivity contribution in [2.45, 2.75) is 0 Å². The molecule has 7 heteroatoms. The Kier molecular flexibility index (Phi) is 4.44. The maximum Gasteiger partial charge on any atom is 0.249 e. The van der Waals surface area contributed by atoms with Crippen LogP contribution in [0, 0.1) is 0 Å². The van der Waals surface area contributed by atoms with E-state index in [2.05, 4.69) is 20.4 Å². The highest BCUT2D eigenvalue weighted by molar-refractivity contribution is 6.32. The van der Waals surface area contributed by atoms with Gasteiger partial charge in [0.05, 0.1) is 0 Å². The highest BCUT2D eigenvalue weighted by Gasteiger charge is 2.04. The second-order valence-corrected chi connectivity index (χ2v) is 4.96. The molecule has 1 N–H and O–H groups in total. The van der Waals surface area contributed by atoms with E-state index in [-0.39, 0.29) is 5.91 Å². The van der Waals surface area contributed by atoms with Crippen LogP contribution in [0.5, 0.6) is 0 Å². The number of carbonyl (C=O) groups is 1. The number of nitrogens with zero attached hydrogens (tertiary/aromatic N) is 4. The molecule has 1 amide bonds. The van der Waals surface area contributed by atoms with Crippen LogP contribution < -0.4 is 5.32 Å². The lowest BCUT2D eigenvalue weighted by atomic mass is 10.2. The summed E-state index contributed by atoms with van der Waals surface area (Å²) in [6, 6.07) is 10.7. The van der Waals surface area contributed by atoms with Gasteiger partial charge in [-0.3, -0.25) is 4.79 Å². The van der Waals surface area contributed by atoms with E-state index in [1.54, 1.807) is 41.4 Å². The molecule has 6 nitrogen and oxygen atoms in total. The third-order valence-electron chi connectivity index (χ3n) is 2.96. The summed E-state index contributed by atoms with van der Waals surface area (Å²) in [6.07, 6.45) is 7.81. The molecule has 0 radical (unpaired) electrons. The zero-order valence-corrected chi connectivity index (χ0v) is 12.7. The van der Waals surface area contributed by atoms with Crippen molar-refractivity contribution < 1.29 is 4.79 Å². The quantitative estimate of drug-likeness (QED) is 0.748. The van der Waals surface area contributed by atoms with E-state index in [0.717, 1.165) is 5.56 Å². The van der Waals surface area contributed by atoms with E-state index in [1.807, 2.05) is 18.2 Å². The number of amides is 1. The van der Waals surface area contributed by atoms with E-state index in [1.165, 1.54) is 12.4 Å². The van der Waals surface area contributed by atoms with Crippen LogP contribution in [0.2, 0.25) is 5.02 Å². The van der Waals surface area contributed by atoms with Crippen LogP contribution in [0.15, 0.2) is 61.2 Å². The predicted molar refractivity (Wildman–Crippen MR) is 88.3 cm³/mol. The first-order valence-corrected chi connectivity index (χ1v) is 7.16. The van der Waals surface area contributed by atoms with E-state index >= 15 is 0 Å². The van der Waals surface area contributed by atoms with Crippen LogP contribution in [0.3, 0.4) is 0 Å². The lowest BCUT2D eigenvalue weighted by Crippen LogP contribution is -2.10. The lowest BCUT2D eigenvalue weighted by molar-refractivity contribution is -0.111. The van der Waals surface area contributed by atoms with Crippen molar-refractivity contribution in [2.24, 2.45) is 0 Å². The minimum Gasteiger partial charge on any atom is -0.307 e. The standard InChI is InChI=1S/C16H12ClN5O/c17-13-5-2-1-4-12(13)6-7-16(23)21-14-10-15(19-11-18-14)22-9-3-8-20-22/h1-11H,(H,18,19,21,23). The monoisotopic (exact) mass is 325 g/mol. The fraction of sp³-hybridized carbons (Fsp3) is 0. The number of hydrogen-bond acceptors (Lipinski definition) is 4. The molecule has 0 saturated heterocycles. The minimum absolute atomic E-state index is 0.310. The molecule has 0 aliphatic heterocycles. The molecule has 3 rings (SSSR count). The van der Waals surface area contributed by atoms with E-state index in [0.29, 0.717) is 16.7 Å². The van der Waals surface area contributed by atoms with Crippen LogP contribution in [-0.4, -0.2) is 25.7 Å². The summed E-state index contributed by atoms with van der Waals surface area (Å²) in [6.45, 7) is 0. The van der Waals surface area contributed by atoms with Crippen molar-refractivity contribution in [3.05, 3.63) is 71.8 Å². The second-order valence-electron chi connectivity index (χ2n) is 4.56. The highest BCUT2D eigenvalue weighted by atomic mass is 35.5. The molecule has 2 aromatic heterocycles. The van der Waals surface area contributed by atoms with E-state index in [4.69, 9.17) is 11.6 Å². The van der Waals surface area contributed by atoms with Crippen molar-refractivity contribution in [1.82, 2.24) is 19.7 Å². The third-order valence-corrected chi connectivity index (χ3v) is 3.31. The van der Waals surface area contributed by atoms with Gasteiger partial charge in [-0.15, -0.1) is 0 Å². The Morgan fingerprint density at radius 2 is 2.09 bits per heavy atom. The molecule has 114 valence electrons. The molecule has 1 aromatic carbocycles. The summed E-state index contributed by atoms with van der Waals surface area (Å²) < 4.78 is 1.58. The van der Waals surface area contributed by atoms with Gasteiger partial charge in [0, 0.05) is 29.6 Å². The molecular weight excluding hydrogens is 314 g/mol. The van der Waals surface area contributed by atoms with Gasteiger partial charge in [0.25, 0.3) is 0 Å². The Balaban J connectivity index is 1.71. The first-order chi connectivity index (χ1) is 11.2. The van der Waals surface area contributed by atoms with Gasteiger partial charge in [-0.2, -0.15) is 5.10 Å². The number of aromatic nitrogens is 4. The largest absolute Gasteiger partial charge is 0.307 e. The average molecular weight is 326 g/mol. The van der Waals surface area contributed by atoms with Gasteiger partial charge in [-0.25, -0.2) is 14.6 Å². The van der Waals surface area contributed by atoms with Crippen LogP contribution in [-0.2, 0) is 4.79 Å². The SMILES string of the molecule is O=C(C=Cc1ccccc1Cl)Nc1cc(-n2cccn2)ncn1. The van der Waals surface area contributed by atoms with Crippen molar-refractivity contribution in [3.8, 4) is 5.82 Å². The molecule has 23 heavy (non-hydrogen) atoms. The molecule has 2 heterocycles.